The molecule has 0 saturated carbocycles. The number of hydrogen-bond donors (Lipinski definition) is 7. The third-order valence-corrected chi connectivity index (χ3v) is 7.86. The molecule has 32 heavy (non-hydrogen) atoms. The van der Waals surface area contributed by atoms with Gasteiger partial charge in [0.25, 0.3) is 0 Å². The molecular weight excluding hydrogens is 420 g/mol. The average molecular weight is 465 g/mol. The minimum absolute atomic E-state index is 0.117. The Morgan fingerprint density at radius 3 is 1.91 bits per heavy atom. The van der Waals surface area contributed by atoms with Gasteiger partial charge in [-0.05, 0) is 25.7 Å². The molecule has 2 saturated heterocycles. The van der Waals surface area contributed by atoms with Gasteiger partial charge in [-0.2, -0.15) is 0 Å². The van der Waals surface area contributed by atoms with E-state index < -0.39 is 72.4 Å². The summed E-state index contributed by atoms with van der Waals surface area (Å²) in [6, 6.07) is -1.65. The molecule has 0 aromatic heterocycles. The molecule has 6 unspecified atom stereocenters. The Labute approximate surface area is 190 Å². The molecule has 10 heteroatoms. The third kappa shape index (κ3) is 5.00. The molecule has 9 N–H and O–H groups in total. The van der Waals surface area contributed by atoms with Crippen molar-refractivity contribution < 1.29 is 39.7 Å². The van der Waals surface area contributed by atoms with Crippen molar-refractivity contribution in [1.82, 2.24) is 0 Å². The smallest absolute Gasteiger partial charge is 0.176 e. The van der Waals surface area contributed by atoms with Crippen molar-refractivity contribution in [2.45, 2.75) is 107 Å². The zero-order valence-corrected chi connectivity index (χ0v) is 19.8. The van der Waals surface area contributed by atoms with E-state index >= 15 is 0 Å². The fourth-order valence-corrected chi connectivity index (χ4v) is 5.55. The molecule has 0 amide bonds. The van der Waals surface area contributed by atoms with E-state index in [2.05, 4.69) is 0 Å². The van der Waals surface area contributed by atoms with Gasteiger partial charge in [0.1, 0.15) is 0 Å². The van der Waals surface area contributed by atoms with Crippen LogP contribution in [-0.2, 0) is 14.2 Å². The van der Waals surface area contributed by atoms with Crippen LogP contribution < -0.4 is 11.5 Å². The first-order chi connectivity index (χ1) is 15.1. The Balaban J connectivity index is 2.37. The summed E-state index contributed by atoms with van der Waals surface area (Å²) >= 11 is 0. The van der Waals surface area contributed by atoms with Gasteiger partial charge < -0.3 is 51.2 Å². The number of ether oxygens (including phenoxy) is 3. The molecule has 0 aliphatic carbocycles. The molecule has 2 aliphatic rings. The third-order valence-electron chi connectivity index (χ3n) is 7.86. The fourth-order valence-electron chi connectivity index (χ4n) is 5.55. The Hall–Kier alpha value is -0.400. The van der Waals surface area contributed by atoms with Gasteiger partial charge >= 0.3 is 0 Å². The first-order valence-electron chi connectivity index (χ1n) is 11.9. The molecule has 2 heterocycles. The lowest BCUT2D eigenvalue weighted by Crippen LogP contribution is -2.68. The molecule has 0 aromatic carbocycles. The summed E-state index contributed by atoms with van der Waals surface area (Å²) in [5.41, 5.74) is 10.1. The van der Waals surface area contributed by atoms with Crippen LogP contribution in [0, 0.1) is 11.8 Å². The minimum atomic E-state index is -1.26. The van der Waals surface area contributed by atoms with Gasteiger partial charge in [-0.1, -0.05) is 27.7 Å². The van der Waals surface area contributed by atoms with Crippen molar-refractivity contribution in [1.29, 1.82) is 0 Å². The van der Waals surface area contributed by atoms with Gasteiger partial charge in [-0.15, -0.1) is 0 Å². The van der Waals surface area contributed by atoms with E-state index in [0.29, 0.717) is 25.7 Å². The van der Waals surface area contributed by atoms with E-state index in [1.165, 1.54) is 0 Å². The molecule has 0 aromatic rings. The van der Waals surface area contributed by atoms with Crippen LogP contribution in [0.5, 0.6) is 0 Å². The van der Waals surface area contributed by atoms with E-state index in [9.17, 15) is 25.5 Å². The van der Waals surface area contributed by atoms with Crippen molar-refractivity contribution in [2.75, 3.05) is 19.8 Å². The highest BCUT2D eigenvalue weighted by Gasteiger charge is 2.56. The molecule has 10 nitrogen and oxygen atoms in total. The number of aliphatic hydroxyl groups excluding tert-OH is 4. The van der Waals surface area contributed by atoms with E-state index in [0.717, 1.165) is 0 Å². The molecule has 2 fully saturated rings. The van der Waals surface area contributed by atoms with Crippen LogP contribution in [0.2, 0.25) is 0 Å². The topological polar surface area (TPSA) is 181 Å². The summed E-state index contributed by atoms with van der Waals surface area (Å²) in [6.07, 6.45) is -3.29. The summed E-state index contributed by atoms with van der Waals surface area (Å²) in [7, 11) is 0. The van der Waals surface area contributed by atoms with Gasteiger partial charge in [0, 0.05) is 11.8 Å². The molecule has 0 bridgehead atoms. The van der Waals surface area contributed by atoms with Crippen LogP contribution in [0.4, 0.5) is 0 Å². The predicted octanol–water partition coefficient (Wildman–Crippen LogP) is -1.17. The molecule has 2 rings (SSSR count). The first kappa shape index (κ1) is 27.8. The molecule has 9 atom stereocenters. The van der Waals surface area contributed by atoms with E-state index in [-0.39, 0.29) is 13.2 Å². The number of aliphatic hydroxyl groups is 5. The quantitative estimate of drug-likeness (QED) is 0.208. The Morgan fingerprint density at radius 1 is 0.875 bits per heavy atom. The molecule has 190 valence electrons. The fraction of sp³-hybridized carbons (Fsp3) is 1.00. The summed E-state index contributed by atoms with van der Waals surface area (Å²) < 4.78 is 18.1. The van der Waals surface area contributed by atoms with Crippen LogP contribution in [0.25, 0.3) is 0 Å². The normalized spacial score (nSPS) is 39.3. The van der Waals surface area contributed by atoms with Gasteiger partial charge in [-0.3, -0.25) is 0 Å². The zero-order chi connectivity index (χ0) is 24.3. The van der Waals surface area contributed by atoms with Gasteiger partial charge in [0.15, 0.2) is 6.29 Å². The summed E-state index contributed by atoms with van der Waals surface area (Å²) in [5, 5.41) is 52.9. The summed E-state index contributed by atoms with van der Waals surface area (Å²) in [5.74, 6) is -1.45. The maximum absolute atomic E-state index is 11.1. The Morgan fingerprint density at radius 2 is 1.44 bits per heavy atom. The van der Waals surface area contributed by atoms with Crippen molar-refractivity contribution in [2.24, 2.45) is 23.3 Å². The summed E-state index contributed by atoms with van der Waals surface area (Å²) in [4.78, 5) is 0. The largest absolute Gasteiger partial charge is 0.394 e. The maximum atomic E-state index is 11.1. The maximum Gasteiger partial charge on any atom is 0.176 e. The van der Waals surface area contributed by atoms with E-state index in [1.54, 1.807) is 13.8 Å². The predicted molar refractivity (Wildman–Crippen MR) is 117 cm³/mol. The number of nitrogens with two attached hydrogens (primary N) is 2. The second kappa shape index (κ2) is 11.4. The van der Waals surface area contributed by atoms with Crippen LogP contribution >= 0.6 is 0 Å². The van der Waals surface area contributed by atoms with Crippen molar-refractivity contribution in [3.63, 3.8) is 0 Å². The minimum Gasteiger partial charge on any atom is -0.394 e. The van der Waals surface area contributed by atoms with Gasteiger partial charge in [0.05, 0.1) is 67.5 Å². The molecule has 0 spiro atoms. The van der Waals surface area contributed by atoms with E-state index in [1.807, 2.05) is 13.8 Å². The van der Waals surface area contributed by atoms with Crippen molar-refractivity contribution >= 4 is 0 Å². The van der Waals surface area contributed by atoms with Crippen LogP contribution in [0.15, 0.2) is 0 Å². The monoisotopic (exact) mass is 464 g/mol. The van der Waals surface area contributed by atoms with Crippen LogP contribution in [0.3, 0.4) is 0 Å². The van der Waals surface area contributed by atoms with Crippen molar-refractivity contribution in [3.05, 3.63) is 0 Å². The second-order valence-electron chi connectivity index (χ2n) is 9.25. The standard InChI is InChI=1S/C22H44N2O8/c1-5-21(29,6-2)15-14(10-26)31-20(17(24)19(15)28)32-22(7-3,8-4)16-13(9-25)30-11-12(23)18(16)27/h12-20,25-29H,5-11,23-24H2,1-4H3/t12?,13?,14?,15-,16-,17?,18?,19?,20-/m0/s1. The highest BCUT2D eigenvalue weighted by atomic mass is 16.7. The molecular formula is C22H44N2O8. The van der Waals surface area contributed by atoms with E-state index in [4.69, 9.17) is 25.7 Å². The Kier molecular flexibility index (Phi) is 9.88. The summed E-state index contributed by atoms with van der Waals surface area (Å²) in [6.45, 7) is 6.75. The van der Waals surface area contributed by atoms with Crippen LogP contribution in [0.1, 0.15) is 53.4 Å². The highest BCUT2D eigenvalue weighted by Crippen LogP contribution is 2.43. The van der Waals surface area contributed by atoms with Crippen LogP contribution in [-0.4, -0.2) is 99.3 Å². The zero-order valence-electron chi connectivity index (χ0n) is 19.8. The molecule has 0 radical (unpaired) electrons. The Bertz CT molecular complexity index is 570. The van der Waals surface area contributed by atoms with Gasteiger partial charge in [-0.25, -0.2) is 0 Å². The van der Waals surface area contributed by atoms with Crippen molar-refractivity contribution in [3.8, 4) is 0 Å². The second-order valence-corrected chi connectivity index (χ2v) is 9.25. The lowest BCUT2D eigenvalue weighted by atomic mass is 9.71. The number of rotatable bonds is 10. The SMILES string of the molecule is CCC(O)(CC)[C@H]1C(CO)O[C@@H](OC(CC)(CC)[C@H]2C(CO)OCC(N)C2O)C(N)C1O. The lowest BCUT2D eigenvalue weighted by molar-refractivity contribution is -0.326. The van der Waals surface area contributed by atoms with Gasteiger partial charge in [0.2, 0.25) is 0 Å². The highest BCUT2D eigenvalue weighted by molar-refractivity contribution is 5.04. The number of hydrogen-bond acceptors (Lipinski definition) is 10. The molecule has 2 aliphatic heterocycles. The lowest BCUT2D eigenvalue weighted by Gasteiger charge is -2.53. The first-order valence-corrected chi connectivity index (χ1v) is 11.9. The average Bonchev–Trinajstić information content (AvgIpc) is 2.81.